The first-order valence-corrected chi connectivity index (χ1v) is 6.25. The number of ether oxygens (including phenoxy) is 1. The summed E-state index contributed by atoms with van der Waals surface area (Å²) >= 11 is 0. The van der Waals surface area contributed by atoms with Crippen molar-refractivity contribution in [2.24, 2.45) is 0 Å². The molecular formula is C13H19N3O2. The molecule has 1 aliphatic rings. The minimum Gasteiger partial charge on any atom is -0.378 e. The van der Waals surface area contributed by atoms with Crippen molar-refractivity contribution in [3.63, 3.8) is 0 Å². The molecular weight excluding hydrogens is 230 g/mol. The fourth-order valence-electron chi connectivity index (χ4n) is 1.81. The molecule has 2 heterocycles. The lowest BCUT2D eigenvalue weighted by atomic mass is 10.1. The largest absolute Gasteiger partial charge is 0.378 e. The van der Waals surface area contributed by atoms with Crippen molar-refractivity contribution in [3.05, 3.63) is 24.0 Å². The third kappa shape index (κ3) is 3.20. The Morgan fingerprint density at radius 1 is 1.39 bits per heavy atom. The van der Waals surface area contributed by atoms with Gasteiger partial charge >= 0.3 is 6.03 Å². The van der Waals surface area contributed by atoms with Crippen LogP contribution in [0.25, 0.3) is 0 Å². The molecule has 0 atom stereocenters. The van der Waals surface area contributed by atoms with Gasteiger partial charge in [0.05, 0.1) is 25.1 Å². The molecule has 0 aliphatic carbocycles. The van der Waals surface area contributed by atoms with E-state index >= 15 is 0 Å². The van der Waals surface area contributed by atoms with Crippen molar-refractivity contribution in [2.75, 3.05) is 31.6 Å². The number of carbonyl (C=O) groups is 1. The van der Waals surface area contributed by atoms with Crippen molar-refractivity contribution >= 4 is 11.7 Å². The van der Waals surface area contributed by atoms with Gasteiger partial charge < -0.3 is 15.0 Å². The summed E-state index contributed by atoms with van der Waals surface area (Å²) in [5, 5.41) is 2.88. The van der Waals surface area contributed by atoms with E-state index in [9.17, 15) is 4.79 Å². The predicted octanol–water partition coefficient (Wildman–Crippen LogP) is 2.07. The van der Waals surface area contributed by atoms with Crippen LogP contribution in [0.1, 0.15) is 25.3 Å². The van der Waals surface area contributed by atoms with E-state index in [-0.39, 0.29) is 6.03 Å². The van der Waals surface area contributed by atoms with Gasteiger partial charge in [0.15, 0.2) is 0 Å². The SMILES string of the molecule is CC(C)c1cncc(NC(=O)N2CCOCC2)c1. The summed E-state index contributed by atoms with van der Waals surface area (Å²) in [5.74, 6) is 0.401. The van der Waals surface area contributed by atoms with Crippen LogP contribution in [-0.4, -0.2) is 42.2 Å². The number of aromatic nitrogens is 1. The standard InChI is InChI=1S/C13H19N3O2/c1-10(2)11-7-12(9-14-8-11)15-13(17)16-3-5-18-6-4-16/h7-10H,3-6H2,1-2H3,(H,15,17). The number of pyridine rings is 1. The van der Waals surface area contributed by atoms with Crippen molar-refractivity contribution in [1.29, 1.82) is 0 Å². The van der Waals surface area contributed by atoms with E-state index in [4.69, 9.17) is 4.74 Å². The fraction of sp³-hybridized carbons (Fsp3) is 0.538. The smallest absolute Gasteiger partial charge is 0.322 e. The van der Waals surface area contributed by atoms with Gasteiger partial charge in [-0.25, -0.2) is 4.79 Å². The molecule has 0 radical (unpaired) electrons. The third-order valence-electron chi connectivity index (χ3n) is 2.98. The van der Waals surface area contributed by atoms with E-state index in [1.54, 1.807) is 11.1 Å². The summed E-state index contributed by atoms with van der Waals surface area (Å²) in [5.41, 5.74) is 1.87. The molecule has 1 aromatic rings. The molecule has 5 nitrogen and oxygen atoms in total. The quantitative estimate of drug-likeness (QED) is 0.873. The number of carbonyl (C=O) groups excluding carboxylic acids is 1. The maximum absolute atomic E-state index is 12.0. The van der Waals surface area contributed by atoms with Gasteiger partial charge in [0.1, 0.15) is 0 Å². The second kappa shape index (κ2) is 5.82. The molecule has 1 N–H and O–H groups in total. The third-order valence-corrected chi connectivity index (χ3v) is 2.98. The molecule has 0 unspecified atom stereocenters. The number of anilines is 1. The molecule has 1 saturated heterocycles. The zero-order valence-electron chi connectivity index (χ0n) is 10.8. The number of urea groups is 1. The van der Waals surface area contributed by atoms with Crippen LogP contribution in [0.2, 0.25) is 0 Å². The molecule has 1 aliphatic heterocycles. The lowest BCUT2D eigenvalue weighted by molar-refractivity contribution is 0.0564. The Morgan fingerprint density at radius 2 is 2.11 bits per heavy atom. The van der Waals surface area contributed by atoms with E-state index < -0.39 is 0 Å². The Kier molecular flexibility index (Phi) is 4.15. The van der Waals surface area contributed by atoms with Crippen LogP contribution in [0.3, 0.4) is 0 Å². The molecule has 98 valence electrons. The average Bonchev–Trinajstić information content (AvgIpc) is 2.40. The number of hydrogen-bond acceptors (Lipinski definition) is 3. The number of nitrogens with zero attached hydrogens (tertiary/aromatic N) is 2. The number of nitrogens with one attached hydrogen (secondary N) is 1. The number of amides is 2. The molecule has 2 amide bonds. The predicted molar refractivity (Wildman–Crippen MR) is 69.7 cm³/mol. The van der Waals surface area contributed by atoms with Crippen LogP contribution < -0.4 is 5.32 Å². The van der Waals surface area contributed by atoms with Gasteiger partial charge in [-0.2, -0.15) is 0 Å². The Morgan fingerprint density at radius 3 is 2.78 bits per heavy atom. The first-order valence-electron chi connectivity index (χ1n) is 6.25. The van der Waals surface area contributed by atoms with Crippen molar-refractivity contribution < 1.29 is 9.53 Å². The summed E-state index contributed by atoms with van der Waals surface area (Å²) in [6.07, 6.45) is 3.50. The Balaban J connectivity index is 1.99. The van der Waals surface area contributed by atoms with Crippen LogP contribution in [-0.2, 0) is 4.74 Å². The van der Waals surface area contributed by atoms with Crippen LogP contribution in [0.4, 0.5) is 10.5 Å². The van der Waals surface area contributed by atoms with Crippen LogP contribution in [0.15, 0.2) is 18.5 Å². The van der Waals surface area contributed by atoms with Gasteiger partial charge in [0.2, 0.25) is 0 Å². The molecule has 5 heteroatoms. The molecule has 2 rings (SSSR count). The molecule has 0 saturated carbocycles. The topological polar surface area (TPSA) is 54.5 Å². The van der Waals surface area contributed by atoms with Gasteiger partial charge in [-0.3, -0.25) is 4.98 Å². The van der Waals surface area contributed by atoms with Gasteiger partial charge in [0.25, 0.3) is 0 Å². The summed E-state index contributed by atoms with van der Waals surface area (Å²) < 4.78 is 5.22. The maximum Gasteiger partial charge on any atom is 0.322 e. The van der Waals surface area contributed by atoms with Gasteiger partial charge in [0, 0.05) is 19.3 Å². The number of hydrogen-bond donors (Lipinski definition) is 1. The molecule has 0 spiro atoms. The summed E-state index contributed by atoms with van der Waals surface area (Å²) in [6, 6.07) is 1.89. The summed E-state index contributed by atoms with van der Waals surface area (Å²) in [6.45, 7) is 6.71. The van der Waals surface area contributed by atoms with Crippen LogP contribution >= 0.6 is 0 Å². The van der Waals surface area contributed by atoms with E-state index in [1.165, 1.54) is 0 Å². The average molecular weight is 249 g/mol. The monoisotopic (exact) mass is 249 g/mol. The van der Waals surface area contributed by atoms with Gasteiger partial charge in [-0.05, 0) is 17.5 Å². The molecule has 1 aromatic heterocycles. The first-order chi connectivity index (χ1) is 8.66. The summed E-state index contributed by atoms with van der Waals surface area (Å²) in [4.78, 5) is 17.9. The Labute approximate surface area is 107 Å². The Hall–Kier alpha value is -1.62. The second-order valence-corrected chi connectivity index (χ2v) is 4.69. The van der Waals surface area contributed by atoms with Crippen LogP contribution in [0, 0.1) is 0 Å². The zero-order chi connectivity index (χ0) is 13.0. The lowest BCUT2D eigenvalue weighted by Gasteiger charge is -2.26. The minimum atomic E-state index is -0.0824. The van der Waals surface area contributed by atoms with Crippen molar-refractivity contribution in [1.82, 2.24) is 9.88 Å². The van der Waals surface area contributed by atoms with Crippen LogP contribution in [0.5, 0.6) is 0 Å². The number of morpholine rings is 1. The lowest BCUT2D eigenvalue weighted by Crippen LogP contribution is -2.43. The normalized spacial score (nSPS) is 15.8. The number of rotatable bonds is 2. The fourth-order valence-corrected chi connectivity index (χ4v) is 1.81. The Bertz CT molecular complexity index is 414. The van der Waals surface area contributed by atoms with Crippen molar-refractivity contribution in [2.45, 2.75) is 19.8 Å². The van der Waals surface area contributed by atoms with Gasteiger partial charge in [-0.15, -0.1) is 0 Å². The highest BCUT2D eigenvalue weighted by Gasteiger charge is 2.16. The van der Waals surface area contributed by atoms with E-state index in [0.29, 0.717) is 32.2 Å². The van der Waals surface area contributed by atoms with E-state index in [1.807, 2.05) is 12.3 Å². The molecule has 18 heavy (non-hydrogen) atoms. The summed E-state index contributed by atoms with van der Waals surface area (Å²) in [7, 11) is 0. The molecule has 1 fully saturated rings. The van der Waals surface area contributed by atoms with Crippen molar-refractivity contribution in [3.8, 4) is 0 Å². The molecule has 0 bridgehead atoms. The minimum absolute atomic E-state index is 0.0824. The zero-order valence-corrected chi connectivity index (χ0v) is 10.8. The highest BCUT2D eigenvalue weighted by Crippen LogP contribution is 2.17. The molecule has 0 aromatic carbocycles. The van der Waals surface area contributed by atoms with E-state index in [2.05, 4.69) is 24.1 Å². The maximum atomic E-state index is 12.0. The highest BCUT2D eigenvalue weighted by atomic mass is 16.5. The van der Waals surface area contributed by atoms with Gasteiger partial charge in [-0.1, -0.05) is 13.8 Å². The van der Waals surface area contributed by atoms with E-state index in [0.717, 1.165) is 11.3 Å². The first kappa shape index (κ1) is 12.8. The highest BCUT2D eigenvalue weighted by molar-refractivity contribution is 5.89. The second-order valence-electron chi connectivity index (χ2n) is 4.69.